The maximum Gasteiger partial charge on any atom is 0.166 e. The predicted octanol–water partition coefficient (Wildman–Crippen LogP) is 13.3. The van der Waals surface area contributed by atoms with Crippen molar-refractivity contribution in [3.8, 4) is 56.1 Å². The molecule has 0 aliphatic carbocycles. The molecule has 59 heavy (non-hydrogen) atoms. The Hall–Kier alpha value is -7.74. The second-order valence-electron chi connectivity index (χ2n) is 14.7. The van der Waals surface area contributed by atoms with Crippen LogP contribution in [-0.4, -0.2) is 29.1 Å². The van der Waals surface area contributed by atoms with Crippen LogP contribution in [0.2, 0.25) is 0 Å². The smallest absolute Gasteiger partial charge is 0.166 e. The maximum atomic E-state index is 5.28. The van der Waals surface area contributed by atoms with Gasteiger partial charge in [0, 0.05) is 43.8 Å². The highest BCUT2D eigenvalue weighted by atomic mass is 32.1. The summed E-state index contributed by atoms with van der Waals surface area (Å²) in [6, 6.07) is 68.0. The van der Waals surface area contributed by atoms with Gasteiger partial charge < -0.3 is 9.13 Å². The molecule has 4 heterocycles. The molecule has 8 aromatic carbocycles. The van der Waals surface area contributed by atoms with Crippen molar-refractivity contribution in [2.45, 2.75) is 0 Å². The molecule has 7 heteroatoms. The molecule has 0 saturated carbocycles. The van der Waals surface area contributed by atoms with Gasteiger partial charge in [-0.1, -0.05) is 133 Å². The van der Waals surface area contributed by atoms with E-state index in [1.165, 1.54) is 27.2 Å². The fourth-order valence-corrected chi connectivity index (χ4v) is 9.56. The third-order valence-corrected chi connectivity index (χ3v) is 12.3. The van der Waals surface area contributed by atoms with Crippen molar-refractivity contribution in [2.24, 2.45) is 0 Å². The number of aromatic nitrogens is 6. The highest BCUT2D eigenvalue weighted by Crippen LogP contribution is 2.43. The molecule has 12 aromatic rings. The monoisotopic (exact) mass is 772 g/mol. The van der Waals surface area contributed by atoms with E-state index >= 15 is 0 Å². The fraction of sp³-hybridized carbons (Fsp3) is 0. The van der Waals surface area contributed by atoms with E-state index in [4.69, 9.17) is 19.9 Å². The molecule has 0 aliphatic rings. The van der Waals surface area contributed by atoms with Crippen LogP contribution in [0.4, 0.5) is 0 Å². The lowest BCUT2D eigenvalue weighted by atomic mass is 10.1. The molecule has 0 spiro atoms. The summed E-state index contributed by atoms with van der Waals surface area (Å²) in [6.07, 6.45) is 0. The summed E-state index contributed by atoms with van der Waals surface area (Å²) in [6.45, 7) is 0. The van der Waals surface area contributed by atoms with Gasteiger partial charge in [0.15, 0.2) is 17.5 Å². The second-order valence-corrected chi connectivity index (χ2v) is 15.7. The SMILES string of the molecule is c1ccc(-c2nc(-c3ccccc3)nc(-c3cc(-c4nc5ccccc5s4)ccc3-n3c4ccccc4c4c(-n5c6ccccc6c6ccccc65)cccc43)n2)cc1. The molecule has 6 nitrogen and oxygen atoms in total. The highest BCUT2D eigenvalue weighted by molar-refractivity contribution is 7.21. The first-order chi connectivity index (χ1) is 29.3. The second kappa shape index (κ2) is 13.4. The van der Waals surface area contributed by atoms with Gasteiger partial charge in [0.1, 0.15) is 5.01 Å². The van der Waals surface area contributed by atoms with Crippen molar-refractivity contribution in [1.29, 1.82) is 0 Å². The van der Waals surface area contributed by atoms with Crippen molar-refractivity contribution in [3.05, 3.63) is 194 Å². The number of para-hydroxylation sites is 4. The molecular weight excluding hydrogens is 741 g/mol. The topological polar surface area (TPSA) is 61.4 Å². The quantitative estimate of drug-likeness (QED) is 0.169. The normalized spacial score (nSPS) is 11.7. The Morgan fingerprint density at radius 3 is 1.54 bits per heavy atom. The molecule has 0 fully saturated rings. The number of rotatable bonds is 6. The van der Waals surface area contributed by atoms with E-state index in [0.717, 1.165) is 65.3 Å². The van der Waals surface area contributed by atoms with Crippen LogP contribution in [0.3, 0.4) is 0 Å². The van der Waals surface area contributed by atoms with Crippen molar-refractivity contribution >= 4 is 65.2 Å². The fourth-order valence-electron chi connectivity index (χ4n) is 8.60. The van der Waals surface area contributed by atoms with E-state index in [1.54, 1.807) is 11.3 Å². The van der Waals surface area contributed by atoms with E-state index < -0.39 is 0 Å². The summed E-state index contributed by atoms with van der Waals surface area (Å²) < 4.78 is 5.95. The van der Waals surface area contributed by atoms with Crippen molar-refractivity contribution < 1.29 is 0 Å². The molecule has 0 N–H and O–H groups in total. The molecule has 12 rings (SSSR count). The van der Waals surface area contributed by atoms with Gasteiger partial charge in [-0.05, 0) is 60.7 Å². The van der Waals surface area contributed by atoms with E-state index in [0.29, 0.717) is 17.5 Å². The number of hydrogen-bond acceptors (Lipinski definition) is 5. The summed E-state index contributed by atoms with van der Waals surface area (Å²) in [5.74, 6) is 1.81. The Bertz CT molecular complexity index is 3420. The van der Waals surface area contributed by atoms with Crippen molar-refractivity contribution in [3.63, 3.8) is 0 Å². The number of hydrogen-bond donors (Lipinski definition) is 0. The predicted molar refractivity (Wildman–Crippen MR) is 243 cm³/mol. The third-order valence-electron chi connectivity index (χ3n) is 11.2. The Kier molecular flexibility index (Phi) is 7.61. The summed E-state index contributed by atoms with van der Waals surface area (Å²) >= 11 is 1.69. The Morgan fingerprint density at radius 2 is 0.881 bits per heavy atom. The Morgan fingerprint density at radius 1 is 0.356 bits per heavy atom. The van der Waals surface area contributed by atoms with Crippen LogP contribution in [0.15, 0.2) is 194 Å². The average Bonchev–Trinajstić information content (AvgIpc) is 4.00. The van der Waals surface area contributed by atoms with E-state index in [2.05, 4.69) is 161 Å². The van der Waals surface area contributed by atoms with Crippen molar-refractivity contribution in [1.82, 2.24) is 29.1 Å². The molecule has 0 saturated heterocycles. The van der Waals surface area contributed by atoms with Gasteiger partial charge in [0.25, 0.3) is 0 Å². The van der Waals surface area contributed by atoms with E-state index in [9.17, 15) is 0 Å². The third kappa shape index (κ3) is 5.40. The van der Waals surface area contributed by atoms with Gasteiger partial charge in [-0.25, -0.2) is 19.9 Å². The first-order valence-electron chi connectivity index (χ1n) is 19.7. The van der Waals surface area contributed by atoms with Crippen LogP contribution >= 0.6 is 11.3 Å². The molecule has 0 bridgehead atoms. The summed E-state index contributed by atoms with van der Waals surface area (Å²) in [5.41, 5.74) is 11.3. The van der Waals surface area contributed by atoms with Crippen LogP contribution in [-0.2, 0) is 0 Å². The molecule has 0 amide bonds. The lowest BCUT2D eigenvalue weighted by molar-refractivity contribution is 1.06. The number of thiazole rings is 1. The Labute approximate surface area is 343 Å². The molecule has 276 valence electrons. The summed E-state index contributed by atoms with van der Waals surface area (Å²) in [4.78, 5) is 20.7. The maximum absolute atomic E-state index is 5.28. The minimum absolute atomic E-state index is 0.583. The minimum Gasteiger partial charge on any atom is -0.309 e. The molecular formula is C52H32N6S. The highest BCUT2D eigenvalue weighted by Gasteiger charge is 2.23. The van der Waals surface area contributed by atoms with Crippen LogP contribution < -0.4 is 0 Å². The van der Waals surface area contributed by atoms with Gasteiger partial charge in [0.2, 0.25) is 0 Å². The molecule has 0 unspecified atom stereocenters. The summed E-state index contributed by atoms with van der Waals surface area (Å²) in [7, 11) is 0. The lowest BCUT2D eigenvalue weighted by Crippen LogP contribution is -2.04. The van der Waals surface area contributed by atoms with Gasteiger partial charge in [-0.3, -0.25) is 0 Å². The summed E-state index contributed by atoms with van der Waals surface area (Å²) in [5, 5.41) is 5.73. The number of fused-ring (bicyclic) bond motifs is 7. The largest absolute Gasteiger partial charge is 0.309 e. The van der Waals surface area contributed by atoms with E-state index in [-0.39, 0.29) is 0 Å². The van der Waals surface area contributed by atoms with Crippen molar-refractivity contribution in [2.75, 3.05) is 0 Å². The van der Waals surface area contributed by atoms with Crippen LogP contribution in [0.1, 0.15) is 0 Å². The Balaban J connectivity index is 1.17. The number of nitrogens with zero attached hydrogens (tertiary/aromatic N) is 6. The van der Waals surface area contributed by atoms with Crippen LogP contribution in [0.25, 0.3) is 110 Å². The molecule has 0 radical (unpaired) electrons. The lowest BCUT2D eigenvalue weighted by Gasteiger charge is -2.16. The minimum atomic E-state index is 0.583. The van der Waals surface area contributed by atoms with E-state index in [1.807, 2.05) is 42.5 Å². The van der Waals surface area contributed by atoms with Gasteiger partial charge in [-0.15, -0.1) is 11.3 Å². The van der Waals surface area contributed by atoms with Gasteiger partial charge in [0.05, 0.1) is 43.7 Å². The molecule has 0 atom stereocenters. The zero-order valence-electron chi connectivity index (χ0n) is 31.6. The average molecular weight is 773 g/mol. The first kappa shape index (κ1) is 33.4. The van der Waals surface area contributed by atoms with Crippen LogP contribution in [0, 0.1) is 0 Å². The zero-order chi connectivity index (χ0) is 38.9. The van der Waals surface area contributed by atoms with Gasteiger partial charge in [-0.2, -0.15) is 0 Å². The first-order valence-corrected chi connectivity index (χ1v) is 20.5. The van der Waals surface area contributed by atoms with Crippen LogP contribution in [0.5, 0.6) is 0 Å². The molecule has 0 aliphatic heterocycles. The standard InChI is InChI=1S/C52H32N6S/c1-3-16-33(17-4-1)49-54-50(34-18-5-2-6-19-34)56-51(55-49)39-32-35(52-53-40-23-10-14-29-47(40)59-52)30-31-44(39)58-43-26-13-9-22-38(43)48-45(27-15-28-46(48)58)57-41-24-11-7-20-36(41)37-21-8-12-25-42(37)57/h1-32H. The number of benzene rings is 8. The van der Waals surface area contributed by atoms with Gasteiger partial charge >= 0.3 is 0 Å². The molecule has 4 aromatic heterocycles. The zero-order valence-corrected chi connectivity index (χ0v) is 32.4.